The predicted octanol–water partition coefficient (Wildman–Crippen LogP) is 3.81. The second-order valence-corrected chi connectivity index (χ2v) is 7.24. The van der Waals surface area contributed by atoms with Crippen molar-refractivity contribution >= 4 is 23.0 Å². The van der Waals surface area contributed by atoms with E-state index in [2.05, 4.69) is 17.6 Å². The molecule has 4 unspecified atom stereocenters. The molecule has 0 radical (unpaired) electrons. The second-order valence-electron chi connectivity index (χ2n) is 6.83. The minimum absolute atomic E-state index is 0.415. The van der Waals surface area contributed by atoms with Crippen molar-refractivity contribution < 1.29 is 9.47 Å². The molecule has 126 valence electrons. The molecule has 0 spiro atoms. The number of benzene rings is 1. The average Bonchev–Trinajstić information content (AvgIpc) is 3.17. The summed E-state index contributed by atoms with van der Waals surface area (Å²) in [6.45, 7) is 2.26. The minimum atomic E-state index is 0.415. The molecule has 0 saturated heterocycles. The third kappa shape index (κ3) is 3.71. The van der Waals surface area contributed by atoms with Crippen LogP contribution in [-0.2, 0) is 0 Å². The number of hydrogen-bond acceptors (Lipinski definition) is 3. The molecule has 0 aromatic heterocycles. The normalized spacial score (nSPS) is 26.7. The fourth-order valence-electron chi connectivity index (χ4n) is 4.27. The molecule has 2 saturated carbocycles. The van der Waals surface area contributed by atoms with Crippen LogP contribution in [0.2, 0.25) is 0 Å². The number of ether oxygens (including phenoxy) is 2. The number of nitrogens with one attached hydrogen (secondary N) is 2. The van der Waals surface area contributed by atoms with E-state index in [0.717, 1.165) is 34.9 Å². The largest absolute Gasteiger partial charge is 0.497 e. The zero-order chi connectivity index (χ0) is 16.4. The lowest BCUT2D eigenvalue weighted by molar-refractivity contribution is 0.279. The van der Waals surface area contributed by atoms with Gasteiger partial charge in [-0.3, -0.25) is 0 Å². The van der Waals surface area contributed by atoms with E-state index in [1.165, 1.54) is 25.7 Å². The summed E-state index contributed by atoms with van der Waals surface area (Å²) in [6, 6.07) is 6.09. The first-order valence-electron chi connectivity index (χ1n) is 8.39. The van der Waals surface area contributed by atoms with Gasteiger partial charge >= 0.3 is 0 Å². The Morgan fingerprint density at radius 3 is 2.35 bits per heavy atom. The standard InChI is InChI=1S/C18H26N2O2S/c1-11(17-7-12-4-5-13(17)6-12)19-18(23)20-14-8-15(21-2)10-16(9-14)22-3/h8-13,17H,4-7H2,1-3H3,(H2,19,20,23). The van der Waals surface area contributed by atoms with E-state index in [0.29, 0.717) is 11.2 Å². The van der Waals surface area contributed by atoms with E-state index < -0.39 is 0 Å². The van der Waals surface area contributed by atoms with E-state index in [1.54, 1.807) is 14.2 Å². The fourth-order valence-corrected chi connectivity index (χ4v) is 4.57. The molecule has 5 heteroatoms. The van der Waals surface area contributed by atoms with Gasteiger partial charge in [-0.25, -0.2) is 0 Å². The topological polar surface area (TPSA) is 42.5 Å². The van der Waals surface area contributed by atoms with Gasteiger partial charge in [0.15, 0.2) is 5.11 Å². The summed E-state index contributed by atoms with van der Waals surface area (Å²) in [5.74, 6) is 4.10. The molecule has 2 bridgehead atoms. The van der Waals surface area contributed by atoms with Crippen molar-refractivity contribution in [3.05, 3.63) is 18.2 Å². The van der Waals surface area contributed by atoms with Gasteiger partial charge in [0.05, 0.1) is 14.2 Å². The molecule has 23 heavy (non-hydrogen) atoms. The zero-order valence-electron chi connectivity index (χ0n) is 14.1. The maximum atomic E-state index is 5.49. The van der Waals surface area contributed by atoms with Gasteiger partial charge in [-0.1, -0.05) is 6.42 Å². The number of methoxy groups -OCH3 is 2. The minimum Gasteiger partial charge on any atom is -0.497 e. The maximum absolute atomic E-state index is 5.49. The quantitative estimate of drug-likeness (QED) is 0.802. The Morgan fingerprint density at radius 1 is 1.13 bits per heavy atom. The average molecular weight is 334 g/mol. The van der Waals surface area contributed by atoms with E-state index in [-0.39, 0.29) is 0 Å². The second kappa shape index (κ2) is 6.95. The molecular formula is C18H26N2O2S. The molecule has 0 aliphatic heterocycles. The van der Waals surface area contributed by atoms with Crippen molar-refractivity contribution in [1.82, 2.24) is 5.32 Å². The van der Waals surface area contributed by atoms with E-state index >= 15 is 0 Å². The Hall–Kier alpha value is -1.49. The van der Waals surface area contributed by atoms with Crippen molar-refractivity contribution in [2.24, 2.45) is 17.8 Å². The monoisotopic (exact) mass is 334 g/mol. The Kier molecular flexibility index (Phi) is 4.95. The van der Waals surface area contributed by atoms with E-state index in [9.17, 15) is 0 Å². The molecule has 2 fully saturated rings. The van der Waals surface area contributed by atoms with Gasteiger partial charge in [0.25, 0.3) is 0 Å². The van der Waals surface area contributed by atoms with Gasteiger partial charge in [0, 0.05) is 29.9 Å². The van der Waals surface area contributed by atoms with Gasteiger partial charge in [0.1, 0.15) is 11.5 Å². The molecule has 2 N–H and O–H groups in total. The lowest BCUT2D eigenvalue weighted by atomic mass is 9.84. The summed E-state index contributed by atoms with van der Waals surface area (Å²) >= 11 is 5.49. The number of fused-ring (bicyclic) bond motifs is 2. The SMILES string of the molecule is COc1cc(NC(=S)NC(C)C2CC3CCC2C3)cc(OC)c1. The van der Waals surface area contributed by atoms with Crippen LogP contribution in [0.1, 0.15) is 32.6 Å². The Labute approximate surface area is 143 Å². The van der Waals surface area contributed by atoms with Gasteiger partial charge in [-0.05, 0) is 56.2 Å². The highest BCUT2D eigenvalue weighted by molar-refractivity contribution is 7.80. The summed E-state index contributed by atoms with van der Waals surface area (Å²) < 4.78 is 10.6. The third-order valence-corrected chi connectivity index (χ3v) is 5.62. The highest BCUT2D eigenvalue weighted by Crippen LogP contribution is 2.49. The summed E-state index contributed by atoms with van der Waals surface area (Å²) in [5.41, 5.74) is 0.874. The summed E-state index contributed by atoms with van der Waals surface area (Å²) in [6.07, 6.45) is 5.60. The molecule has 2 aliphatic carbocycles. The molecule has 4 atom stereocenters. The molecule has 1 aromatic rings. The molecule has 0 heterocycles. The van der Waals surface area contributed by atoms with Gasteiger partial charge in [-0.15, -0.1) is 0 Å². The first kappa shape index (κ1) is 16.4. The van der Waals surface area contributed by atoms with Crippen LogP contribution in [-0.4, -0.2) is 25.4 Å². The van der Waals surface area contributed by atoms with Gasteiger partial charge < -0.3 is 20.1 Å². The molecular weight excluding hydrogens is 308 g/mol. The molecule has 2 aliphatic rings. The van der Waals surface area contributed by atoms with Crippen LogP contribution in [0.25, 0.3) is 0 Å². The van der Waals surface area contributed by atoms with E-state index in [4.69, 9.17) is 21.7 Å². The lowest BCUT2D eigenvalue weighted by Gasteiger charge is -2.29. The fraction of sp³-hybridized carbons (Fsp3) is 0.611. The van der Waals surface area contributed by atoms with Crippen molar-refractivity contribution in [3.63, 3.8) is 0 Å². The lowest BCUT2D eigenvalue weighted by Crippen LogP contribution is -2.42. The van der Waals surface area contributed by atoms with Crippen molar-refractivity contribution in [3.8, 4) is 11.5 Å². The summed E-state index contributed by atoms with van der Waals surface area (Å²) in [4.78, 5) is 0. The highest BCUT2D eigenvalue weighted by atomic mass is 32.1. The van der Waals surface area contributed by atoms with Crippen LogP contribution in [0.5, 0.6) is 11.5 Å². The molecule has 4 nitrogen and oxygen atoms in total. The van der Waals surface area contributed by atoms with Gasteiger partial charge in [0.2, 0.25) is 0 Å². The third-order valence-electron chi connectivity index (χ3n) is 5.40. The zero-order valence-corrected chi connectivity index (χ0v) is 14.9. The highest BCUT2D eigenvalue weighted by Gasteiger charge is 2.41. The van der Waals surface area contributed by atoms with Gasteiger partial charge in [-0.2, -0.15) is 0 Å². The van der Waals surface area contributed by atoms with Crippen molar-refractivity contribution in [2.45, 2.75) is 38.6 Å². The first-order valence-corrected chi connectivity index (χ1v) is 8.80. The van der Waals surface area contributed by atoms with Crippen molar-refractivity contribution in [1.29, 1.82) is 0 Å². The Balaban J connectivity index is 1.58. The maximum Gasteiger partial charge on any atom is 0.170 e. The van der Waals surface area contributed by atoms with Crippen LogP contribution < -0.4 is 20.1 Å². The molecule has 0 amide bonds. The summed E-state index contributed by atoms with van der Waals surface area (Å²) in [7, 11) is 3.29. The predicted molar refractivity (Wildman–Crippen MR) is 97.3 cm³/mol. The molecule has 1 aromatic carbocycles. The van der Waals surface area contributed by atoms with Crippen LogP contribution in [0.15, 0.2) is 18.2 Å². The van der Waals surface area contributed by atoms with Crippen LogP contribution in [0, 0.1) is 17.8 Å². The molecule has 3 rings (SSSR count). The Morgan fingerprint density at radius 2 is 1.83 bits per heavy atom. The number of rotatable bonds is 5. The van der Waals surface area contributed by atoms with Crippen LogP contribution in [0.4, 0.5) is 5.69 Å². The number of thiocarbonyl (C=S) groups is 1. The van der Waals surface area contributed by atoms with E-state index in [1.807, 2.05) is 18.2 Å². The Bertz CT molecular complexity index is 556. The number of hydrogen-bond donors (Lipinski definition) is 2. The number of anilines is 1. The smallest absolute Gasteiger partial charge is 0.170 e. The first-order chi connectivity index (χ1) is 11.1. The van der Waals surface area contributed by atoms with Crippen LogP contribution in [0.3, 0.4) is 0 Å². The van der Waals surface area contributed by atoms with Crippen LogP contribution >= 0.6 is 12.2 Å². The summed E-state index contributed by atoms with van der Waals surface area (Å²) in [5, 5.41) is 7.38. The van der Waals surface area contributed by atoms with Crippen molar-refractivity contribution in [2.75, 3.05) is 19.5 Å².